The minimum atomic E-state index is 0.355. The normalized spacial score (nSPS) is 13.9. The summed E-state index contributed by atoms with van der Waals surface area (Å²) >= 11 is 0. The Hall–Kier alpha value is -4.03. The van der Waals surface area contributed by atoms with Gasteiger partial charge in [-0.15, -0.1) is 0 Å². The minimum absolute atomic E-state index is 0.355. The molecule has 0 bridgehead atoms. The monoisotopic (exact) mass is 336 g/mol. The van der Waals surface area contributed by atoms with E-state index in [-0.39, 0.29) is 0 Å². The number of hydrogen-bond acceptors (Lipinski definition) is 5. The third kappa shape index (κ3) is 2.77. The molecular weight excluding hydrogens is 324 g/mol. The van der Waals surface area contributed by atoms with Gasteiger partial charge in [0.05, 0.1) is 30.3 Å². The van der Waals surface area contributed by atoms with Crippen LogP contribution in [-0.2, 0) is 6.54 Å². The van der Waals surface area contributed by atoms with Crippen molar-refractivity contribution in [3.05, 3.63) is 83.4 Å². The molecule has 1 aliphatic heterocycles. The van der Waals surface area contributed by atoms with E-state index in [1.807, 2.05) is 36.4 Å². The molecule has 6 heteroatoms. The SMILES string of the molecule is N#Cc1ccc(N=C2c3ccccc3CN2c2ccc(C#N)nc2)cn1. The van der Waals surface area contributed by atoms with Crippen molar-refractivity contribution in [1.29, 1.82) is 10.5 Å². The first kappa shape index (κ1) is 15.5. The highest BCUT2D eigenvalue weighted by Crippen LogP contribution is 2.30. The molecule has 0 saturated carbocycles. The lowest BCUT2D eigenvalue weighted by Crippen LogP contribution is -2.24. The number of pyridine rings is 2. The van der Waals surface area contributed by atoms with Gasteiger partial charge in [-0.05, 0) is 29.8 Å². The maximum Gasteiger partial charge on any atom is 0.141 e. The molecule has 2 aromatic heterocycles. The summed E-state index contributed by atoms with van der Waals surface area (Å²) in [7, 11) is 0. The Kier molecular flexibility index (Phi) is 3.85. The molecule has 0 N–H and O–H groups in total. The quantitative estimate of drug-likeness (QED) is 0.716. The van der Waals surface area contributed by atoms with Crippen LogP contribution in [0, 0.1) is 22.7 Å². The van der Waals surface area contributed by atoms with E-state index in [4.69, 9.17) is 15.5 Å². The molecule has 26 heavy (non-hydrogen) atoms. The molecule has 0 unspecified atom stereocenters. The Morgan fingerprint density at radius 3 is 2.27 bits per heavy atom. The molecule has 0 spiro atoms. The third-order valence-corrected chi connectivity index (χ3v) is 4.11. The predicted octanol–water partition coefficient (Wildman–Crippen LogP) is 3.32. The molecule has 0 amide bonds. The number of aliphatic imine (C=N–C) groups is 1. The predicted molar refractivity (Wildman–Crippen MR) is 96.7 cm³/mol. The van der Waals surface area contributed by atoms with Crippen LogP contribution in [0.5, 0.6) is 0 Å². The van der Waals surface area contributed by atoms with E-state index in [0.29, 0.717) is 23.6 Å². The summed E-state index contributed by atoms with van der Waals surface area (Å²) < 4.78 is 0. The van der Waals surface area contributed by atoms with Crippen LogP contribution >= 0.6 is 0 Å². The fourth-order valence-corrected chi connectivity index (χ4v) is 2.85. The number of aromatic nitrogens is 2. The number of fused-ring (bicyclic) bond motifs is 1. The number of benzene rings is 1. The van der Waals surface area contributed by atoms with E-state index in [1.165, 1.54) is 0 Å². The first-order valence-corrected chi connectivity index (χ1v) is 7.95. The molecule has 0 atom stereocenters. The first-order valence-electron chi connectivity index (χ1n) is 7.95. The lowest BCUT2D eigenvalue weighted by molar-refractivity contribution is 1.04. The van der Waals surface area contributed by atoms with Crippen molar-refractivity contribution in [3.63, 3.8) is 0 Å². The Labute approximate surface area is 150 Å². The summed E-state index contributed by atoms with van der Waals surface area (Å²) in [5.74, 6) is 0.790. The summed E-state index contributed by atoms with van der Waals surface area (Å²) in [6.07, 6.45) is 3.26. The van der Waals surface area contributed by atoms with Crippen LogP contribution in [-0.4, -0.2) is 15.8 Å². The van der Waals surface area contributed by atoms with E-state index in [9.17, 15) is 0 Å². The van der Waals surface area contributed by atoms with Gasteiger partial charge in [-0.2, -0.15) is 10.5 Å². The Balaban J connectivity index is 1.79. The number of amidine groups is 1. The number of nitriles is 2. The van der Waals surface area contributed by atoms with E-state index in [1.54, 1.807) is 30.6 Å². The summed E-state index contributed by atoms with van der Waals surface area (Å²) in [6, 6.07) is 19.1. The molecule has 1 aliphatic rings. The second-order valence-electron chi connectivity index (χ2n) is 5.71. The van der Waals surface area contributed by atoms with E-state index in [2.05, 4.69) is 20.9 Å². The number of anilines is 1. The average molecular weight is 336 g/mol. The van der Waals surface area contributed by atoms with Crippen LogP contribution in [0.1, 0.15) is 22.5 Å². The van der Waals surface area contributed by atoms with Gasteiger partial charge in [-0.25, -0.2) is 15.0 Å². The molecule has 6 nitrogen and oxygen atoms in total. The van der Waals surface area contributed by atoms with Crippen molar-refractivity contribution in [3.8, 4) is 12.1 Å². The van der Waals surface area contributed by atoms with Gasteiger partial charge in [0, 0.05) is 5.56 Å². The molecule has 4 rings (SSSR count). The first-order chi connectivity index (χ1) is 12.8. The van der Waals surface area contributed by atoms with Crippen molar-refractivity contribution in [2.75, 3.05) is 4.90 Å². The van der Waals surface area contributed by atoms with Gasteiger partial charge in [0.2, 0.25) is 0 Å². The highest BCUT2D eigenvalue weighted by Gasteiger charge is 2.26. The lowest BCUT2D eigenvalue weighted by atomic mass is 10.1. The van der Waals surface area contributed by atoms with E-state index >= 15 is 0 Å². The summed E-state index contributed by atoms with van der Waals surface area (Å²) in [5, 5.41) is 17.8. The van der Waals surface area contributed by atoms with Gasteiger partial charge in [-0.3, -0.25) is 0 Å². The second-order valence-corrected chi connectivity index (χ2v) is 5.71. The van der Waals surface area contributed by atoms with Crippen LogP contribution in [0.15, 0.2) is 65.9 Å². The second kappa shape index (κ2) is 6.46. The van der Waals surface area contributed by atoms with Crippen LogP contribution in [0.2, 0.25) is 0 Å². The zero-order valence-corrected chi connectivity index (χ0v) is 13.7. The van der Waals surface area contributed by atoms with Crippen molar-refractivity contribution in [2.45, 2.75) is 6.54 Å². The van der Waals surface area contributed by atoms with Crippen molar-refractivity contribution >= 4 is 17.2 Å². The van der Waals surface area contributed by atoms with Crippen LogP contribution in [0.25, 0.3) is 0 Å². The highest BCUT2D eigenvalue weighted by atomic mass is 15.2. The summed E-state index contributed by atoms with van der Waals surface area (Å²) in [5.41, 5.74) is 4.47. The molecule has 3 aromatic rings. The molecule has 0 radical (unpaired) electrons. The van der Waals surface area contributed by atoms with Gasteiger partial charge in [-0.1, -0.05) is 24.3 Å². The molecule has 1 aromatic carbocycles. The molecule has 3 heterocycles. The standard InChI is InChI=1S/C20H12N6/c21-9-15-5-6-17(11-23-15)25-20-19-4-2-1-3-14(19)13-26(20)18-8-7-16(10-22)24-12-18/h1-8,11-12H,13H2. The maximum absolute atomic E-state index is 8.95. The molecular formula is C20H12N6. The van der Waals surface area contributed by atoms with Gasteiger partial charge < -0.3 is 4.90 Å². The largest absolute Gasteiger partial charge is 0.320 e. The van der Waals surface area contributed by atoms with E-state index < -0.39 is 0 Å². The van der Waals surface area contributed by atoms with Crippen LogP contribution < -0.4 is 4.90 Å². The van der Waals surface area contributed by atoms with Crippen molar-refractivity contribution in [2.24, 2.45) is 4.99 Å². The van der Waals surface area contributed by atoms with Gasteiger partial charge in [0.15, 0.2) is 0 Å². The van der Waals surface area contributed by atoms with Crippen molar-refractivity contribution < 1.29 is 0 Å². The number of hydrogen-bond donors (Lipinski definition) is 0. The number of rotatable bonds is 2. The van der Waals surface area contributed by atoms with Gasteiger partial charge in [0.1, 0.15) is 29.4 Å². The Bertz CT molecular complexity index is 1070. The van der Waals surface area contributed by atoms with Crippen LogP contribution in [0.4, 0.5) is 11.4 Å². The summed E-state index contributed by atoms with van der Waals surface area (Å²) in [6.45, 7) is 0.673. The molecule has 0 aliphatic carbocycles. The fourth-order valence-electron chi connectivity index (χ4n) is 2.85. The van der Waals surface area contributed by atoms with E-state index in [0.717, 1.165) is 22.6 Å². The topological polar surface area (TPSA) is 89.0 Å². The van der Waals surface area contributed by atoms with Gasteiger partial charge >= 0.3 is 0 Å². The zero-order chi connectivity index (χ0) is 17.9. The molecule has 0 fully saturated rings. The summed E-state index contributed by atoms with van der Waals surface area (Å²) in [4.78, 5) is 15.0. The van der Waals surface area contributed by atoms with Crippen LogP contribution in [0.3, 0.4) is 0 Å². The van der Waals surface area contributed by atoms with Gasteiger partial charge in [0.25, 0.3) is 0 Å². The Morgan fingerprint density at radius 2 is 1.62 bits per heavy atom. The smallest absolute Gasteiger partial charge is 0.141 e. The average Bonchev–Trinajstić information content (AvgIpc) is 3.07. The minimum Gasteiger partial charge on any atom is -0.320 e. The molecule has 122 valence electrons. The third-order valence-electron chi connectivity index (χ3n) is 4.11. The molecule has 0 saturated heterocycles. The lowest BCUT2D eigenvalue weighted by Gasteiger charge is -2.19. The zero-order valence-electron chi connectivity index (χ0n) is 13.7. The fraction of sp³-hybridized carbons (Fsp3) is 0.0500. The highest BCUT2D eigenvalue weighted by molar-refractivity contribution is 6.14. The Morgan fingerprint density at radius 1 is 0.885 bits per heavy atom. The number of nitrogens with zero attached hydrogens (tertiary/aromatic N) is 6. The van der Waals surface area contributed by atoms with Crippen molar-refractivity contribution in [1.82, 2.24) is 9.97 Å². The maximum atomic E-state index is 8.95.